The van der Waals surface area contributed by atoms with Crippen molar-refractivity contribution < 1.29 is 36.6 Å². The Labute approximate surface area is 120 Å². The van der Waals surface area contributed by atoms with Gasteiger partial charge in [-0.3, -0.25) is 9.59 Å². The van der Waals surface area contributed by atoms with Gasteiger partial charge in [-0.15, -0.1) is 0 Å². The van der Waals surface area contributed by atoms with Crippen LogP contribution < -0.4 is 0 Å². The monoisotopic (exact) mass is 316 g/mol. The van der Waals surface area contributed by atoms with E-state index in [9.17, 15) is 27.2 Å². The van der Waals surface area contributed by atoms with Crippen LogP contribution in [0.1, 0.15) is 46.0 Å². The van der Waals surface area contributed by atoms with Gasteiger partial charge in [-0.25, -0.2) is 8.78 Å². The first-order valence-electron chi connectivity index (χ1n) is 6.74. The lowest BCUT2D eigenvalue weighted by molar-refractivity contribution is -0.180. The summed E-state index contributed by atoms with van der Waals surface area (Å²) >= 11 is 0. The van der Waals surface area contributed by atoms with E-state index < -0.39 is 37.3 Å². The van der Waals surface area contributed by atoms with E-state index in [0.29, 0.717) is 12.8 Å². The maximum atomic E-state index is 12.5. The van der Waals surface area contributed by atoms with Gasteiger partial charge in [-0.1, -0.05) is 20.3 Å². The second-order valence-corrected chi connectivity index (χ2v) is 4.53. The third-order valence-electron chi connectivity index (χ3n) is 2.64. The molecule has 0 aromatic heterocycles. The molecule has 1 unspecified atom stereocenters. The molecule has 1 atom stereocenters. The Kier molecular flexibility index (Phi) is 8.96. The number of hydrogen-bond acceptors (Lipinski definition) is 4. The molecule has 8 heteroatoms. The van der Waals surface area contributed by atoms with Gasteiger partial charge in [-0.2, -0.15) is 8.78 Å². The highest BCUT2D eigenvalue weighted by molar-refractivity contribution is 5.77. The van der Waals surface area contributed by atoms with Gasteiger partial charge in [0.2, 0.25) is 0 Å². The molecule has 0 amide bonds. The first-order valence-corrected chi connectivity index (χ1v) is 6.74. The number of carbonyl (C=O) groups excluding carboxylic acids is 2. The first-order chi connectivity index (χ1) is 9.72. The summed E-state index contributed by atoms with van der Waals surface area (Å²) in [5, 5.41) is 0. The molecule has 0 spiro atoms. The van der Waals surface area contributed by atoms with Crippen LogP contribution in [0.3, 0.4) is 0 Å². The second-order valence-electron chi connectivity index (χ2n) is 4.53. The van der Waals surface area contributed by atoms with Crippen LogP contribution in [0.2, 0.25) is 0 Å². The summed E-state index contributed by atoms with van der Waals surface area (Å²) in [6.45, 7) is 2.07. The first kappa shape index (κ1) is 19.7. The largest absolute Gasteiger partial charge is 0.462 e. The zero-order valence-electron chi connectivity index (χ0n) is 12.0. The van der Waals surface area contributed by atoms with E-state index in [2.05, 4.69) is 4.74 Å². The highest BCUT2D eigenvalue weighted by atomic mass is 19.3. The van der Waals surface area contributed by atoms with Gasteiger partial charge in [0.05, 0.1) is 12.8 Å². The summed E-state index contributed by atoms with van der Waals surface area (Å²) in [5.41, 5.74) is 0. The minimum absolute atomic E-state index is 0.248. The third kappa shape index (κ3) is 8.52. The number of rotatable bonds is 10. The van der Waals surface area contributed by atoms with E-state index in [0.717, 1.165) is 6.42 Å². The lowest BCUT2D eigenvalue weighted by Gasteiger charge is -2.16. The number of carbonyl (C=O) groups is 2. The molecule has 0 N–H and O–H groups in total. The molecule has 0 aliphatic carbocycles. The molecule has 4 nitrogen and oxygen atoms in total. The maximum absolute atomic E-state index is 12.5. The summed E-state index contributed by atoms with van der Waals surface area (Å²) in [7, 11) is 0. The summed E-state index contributed by atoms with van der Waals surface area (Å²) in [6, 6.07) is 0. The van der Waals surface area contributed by atoms with Crippen molar-refractivity contribution in [3.8, 4) is 0 Å². The molecular formula is C13H20F4O4. The predicted molar refractivity (Wildman–Crippen MR) is 66.2 cm³/mol. The Morgan fingerprint density at radius 1 is 1.10 bits per heavy atom. The zero-order valence-corrected chi connectivity index (χ0v) is 12.0. The number of alkyl halides is 4. The Balaban J connectivity index is 4.00. The molecule has 0 bridgehead atoms. The quantitative estimate of drug-likeness (QED) is 0.458. The number of hydrogen-bond donors (Lipinski definition) is 0. The van der Waals surface area contributed by atoms with Gasteiger partial charge < -0.3 is 9.47 Å². The summed E-state index contributed by atoms with van der Waals surface area (Å²) in [6.07, 6.45) is -2.83. The highest BCUT2D eigenvalue weighted by Crippen LogP contribution is 2.23. The third-order valence-corrected chi connectivity index (χ3v) is 2.64. The van der Waals surface area contributed by atoms with Gasteiger partial charge in [0.15, 0.2) is 6.61 Å². The molecule has 0 heterocycles. The lowest BCUT2D eigenvalue weighted by atomic mass is 10.1. The molecule has 0 saturated heterocycles. The zero-order chi connectivity index (χ0) is 16.5. The van der Waals surface area contributed by atoms with Gasteiger partial charge in [0.25, 0.3) is 0 Å². The topological polar surface area (TPSA) is 52.6 Å². The maximum Gasteiger partial charge on any atom is 0.340 e. The van der Waals surface area contributed by atoms with Gasteiger partial charge in [-0.05, 0) is 12.8 Å². The van der Waals surface area contributed by atoms with E-state index in [1.807, 2.05) is 13.8 Å². The van der Waals surface area contributed by atoms with Crippen LogP contribution in [0.4, 0.5) is 17.6 Å². The fourth-order valence-corrected chi connectivity index (χ4v) is 1.43. The molecule has 0 radical (unpaired) electrons. The van der Waals surface area contributed by atoms with Crippen LogP contribution in [0.5, 0.6) is 0 Å². The smallest absolute Gasteiger partial charge is 0.340 e. The predicted octanol–water partition coefficient (Wildman–Crippen LogP) is 3.33. The van der Waals surface area contributed by atoms with E-state index >= 15 is 0 Å². The summed E-state index contributed by atoms with van der Waals surface area (Å²) in [5.74, 6) is -6.17. The minimum Gasteiger partial charge on any atom is -0.462 e. The number of esters is 2. The lowest BCUT2D eigenvalue weighted by Crippen LogP contribution is -2.33. The molecular weight excluding hydrogens is 296 g/mol. The van der Waals surface area contributed by atoms with Crippen molar-refractivity contribution in [2.24, 2.45) is 0 Å². The van der Waals surface area contributed by atoms with Crippen LogP contribution >= 0.6 is 0 Å². The van der Waals surface area contributed by atoms with Gasteiger partial charge >= 0.3 is 24.3 Å². The van der Waals surface area contributed by atoms with E-state index in [4.69, 9.17) is 4.74 Å². The van der Waals surface area contributed by atoms with Crippen molar-refractivity contribution in [2.75, 3.05) is 6.61 Å². The summed E-state index contributed by atoms with van der Waals surface area (Å²) < 4.78 is 57.7. The standard InChI is InChI=1S/C13H20F4O4/c1-3-5-9(4-2)21-11(19)7-6-10(18)20-8-13(16,17)12(14)15/h9,12H,3-8H2,1-2H3. The SMILES string of the molecule is CCCC(CC)OC(=O)CCC(=O)OCC(F)(F)C(F)F. The van der Waals surface area contributed by atoms with Crippen molar-refractivity contribution in [3.63, 3.8) is 0 Å². The molecule has 0 aliphatic rings. The van der Waals surface area contributed by atoms with Crippen LogP contribution in [0.25, 0.3) is 0 Å². The molecule has 21 heavy (non-hydrogen) atoms. The van der Waals surface area contributed by atoms with Crippen LogP contribution in [0, 0.1) is 0 Å². The van der Waals surface area contributed by atoms with Gasteiger partial charge in [0, 0.05) is 0 Å². The van der Waals surface area contributed by atoms with E-state index in [1.165, 1.54) is 0 Å². The molecule has 0 fully saturated rings. The second kappa shape index (κ2) is 9.57. The Hall–Kier alpha value is -1.34. The fourth-order valence-electron chi connectivity index (χ4n) is 1.43. The normalized spacial score (nSPS) is 13.1. The number of halogens is 4. The Morgan fingerprint density at radius 2 is 1.67 bits per heavy atom. The minimum atomic E-state index is -4.38. The van der Waals surface area contributed by atoms with Crippen molar-refractivity contribution >= 4 is 11.9 Å². The highest BCUT2D eigenvalue weighted by Gasteiger charge is 2.42. The molecule has 0 rings (SSSR count). The van der Waals surface area contributed by atoms with Crippen LogP contribution in [0.15, 0.2) is 0 Å². The van der Waals surface area contributed by atoms with Crippen molar-refractivity contribution in [1.82, 2.24) is 0 Å². The molecule has 0 aromatic carbocycles. The average molecular weight is 316 g/mol. The number of ether oxygens (including phenoxy) is 2. The molecule has 0 aromatic rings. The van der Waals surface area contributed by atoms with Gasteiger partial charge in [0.1, 0.15) is 6.10 Å². The Morgan fingerprint density at radius 3 is 2.14 bits per heavy atom. The van der Waals surface area contributed by atoms with Crippen molar-refractivity contribution in [3.05, 3.63) is 0 Å². The van der Waals surface area contributed by atoms with Crippen LogP contribution in [-0.4, -0.2) is 37.0 Å². The van der Waals surface area contributed by atoms with E-state index in [-0.39, 0.29) is 12.5 Å². The average Bonchev–Trinajstić information content (AvgIpc) is 2.42. The molecule has 0 aliphatic heterocycles. The van der Waals surface area contributed by atoms with Crippen molar-refractivity contribution in [1.29, 1.82) is 0 Å². The van der Waals surface area contributed by atoms with E-state index in [1.54, 1.807) is 0 Å². The molecule has 0 saturated carbocycles. The summed E-state index contributed by atoms with van der Waals surface area (Å²) in [4.78, 5) is 22.5. The molecule has 124 valence electrons. The fraction of sp³-hybridized carbons (Fsp3) is 0.846. The van der Waals surface area contributed by atoms with Crippen molar-refractivity contribution in [2.45, 2.75) is 64.4 Å². The Bertz CT molecular complexity index is 334. The van der Waals surface area contributed by atoms with Crippen LogP contribution in [-0.2, 0) is 19.1 Å².